The van der Waals surface area contributed by atoms with Crippen LogP contribution < -0.4 is 5.32 Å². The van der Waals surface area contributed by atoms with E-state index in [-0.39, 0.29) is 0 Å². The lowest BCUT2D eigenvalue weighted by molar-refractivity contribution is 0.219. The van der Waals surface area contributed by atoms with Crippen molar-refractivity contribution in [1.82, 2.24) is 10.3 Å². The second-order valence-corrected chi connectivity index (χ2v) is 6.22. The van der Waals surface area contributed by atoms with Crippen molar-refractivity contribution in [3.8, 4) is 0 Å². The lowest BCUT2D eigenvalue weighted by atomic mass is 9.75. The highest BCUT2D eigenvalue weighted by molar-refractivity contribution is 5.81. The second kappa shape index (κ2) is 6.40. The second-order valence-electron chi connectivity index (χ2n) is 6.22. The number of benzene rings is 1. The maximum absolute atomic E-state index is 4.47. The van der Waals surface area contributed by atoms with Gasteiger partial charge in [-0.15, -0.1) is 6.58 Å². The molecule has 0 bridgehead atoms. The molecule has 2 aromatic rings. The van der Waals surface area contributed by atoms with Gasteiger partial charge in [0.2, 0.25) is 0 Å². The van der Waals surface area contributed by atoms with Crippen molar-refractivity contribution < 1.29 is 0 Å². The number of aromatic nitrogens is 1. The Morgan fingerprint density at radius 2 is 2.24 bits per heavy atom. The predicted molar refractivity (Wildman–Crippen MR) is 89.3 cm³/mol. The van der Waals surface area contributed by atoms with Gasteiger partial charge in [-0.1, -0.05) is 31.2 Å². The first-order valence-corrected chi connectivity index (χ1v) is 7.95. The molecule has 0 amide bonds. The van der Waals surface area contributed by atoms with E-state index in [0.717, 1.165) is 30.9 Å². The average molecular weight is 280 g/mol. The first-order valence-electron chi connectivity index (χ1n) is 7.95. The fraction of sp³-hybridized carbons (Fsp3) is 0.421. The molecule has 2 heteroatoms. The Kier molecular flexibility index (Phi) is 4.35. The van der Waals surface area contributed by atoms with Gasteiger partial charge in [-0.3, -0.25) is 4.98 Å². The van der Waals surface area contributed by atoms with E-state index >= 15 is 0 Å². The molecular weight excluding hydrogens is 256 g/mol. The number of nitrogens with zero attached hydrogens (tertiary/aromatic N) is 1. The van der Waals surface area contributed by atoms with Crippen LogP contribution in [0.4, 0.5) is 0 Å². The van der Waals surface area contributed by atoms with Crippen molar-refractivity contribution in [2.24, 2.45) is 17.8 Å². The molecule has 1 aliphatic rings. The summed E-state index contributed by atoms with van der Waals surface area (Å²) >= 11 is 0. The lowest BCUT2D eigenvalue weighted by Gasteiger charge is -2.34. The SMILES string of the molecule is C=CC1CNCCC1C(C)Cc1ccnc2ccccc12. The minimum atomic E-state index is 0.599. The fourth-order valence-electron chi connectivity index (χ4n) is 3.70. The molecule has 3 atom stereocenters. The Balaban J connectivity index is 1.82. The third kappa shape index (κ3) is 3.01. The quantitative estimate of drug-likeness (QED) is 0.861. The van der Waals surface area contributed by atoms with Gasteiger partial charge in [0.25, 0.3) is 0 Å². The van der Waals surface area contributed by atoms with Crippen LogP contribution in [0.25, 0.3) is 10.9 Å². The number of hydrogen-bond acceptors (Lipinski definition) is 2. The third-order valence-electron chi connectivity index (χ3n) is 4.90. The smallest absolute Gasteiger partial charge is 0.0704 e. The molecular formula is C19H24N2. The van der Waals surface area contributed by atoms with Gasteiger partial charge in [-0.25, -0.2) is 0 Å². The molecule has 0 radical (unpaired) electrons. The van der Waals surface area contributed by atoms with E-state index in [9.17, 15) is 0 Å². The van der Waals surface area contributed by atoms with Gasteiger partial charge < -0.3 is 5.32 Å². The zero-order valence-electron chi connectivity index (χ0n) is 12.8. The Hall–Kier alpha value is -1.67. The van der Waals surface area contributed by atoms with E-state index in [1.54, 1.807) is 0 Å². The summed E-state index contributed by atoms with van der Waals surface area (Å²) in [5.74, 6) is 2.00. The number of nitrogens with one attached hydrogen (secondary N) is 1. The van der Waals surface area contributed by atoms with Gasteiger partial charge in [-0.05, 0) is 54.8 Å². The van der Waals surface area contributed by atoms with Crippen molar-refractivity contribution >= 4 is 10.9 Å². The summed E-state index contributed by atoms with van der Waals surface area (Å²) in [6.07, 6.45) is 6.45. The molecule has 110 valence electrons. The first kappa shape index (κ1) is 14.3. The van der Waals surface area contributed by atoms with Crippen molar-refractivity contribution in [3.63, 3.8) is 0 Å². The molecule has 2 nitrogen and oxygen atoms in total. The summed E-state index contributed by atoms with van der Waals surface area (Å²) in [7, 11) is 0. The van der Waals surface area contributed by atoms with Gasteiger partial charge in [0.15, 0.2) is 0 Å². The highest BCUT2D eigenvalue weighted by atomic mass is 14.9. The zero-order valence-corrected chi connectivity index (χ0v) is 12.8. The van der Waals surface area contributed by atoms with Crippen LogP contribution in [0, 0.1) is 17.8 Å². The molecule has 3 unspecified atom stereocenters. The Labute approximate surface area is 127 Å². The molecule has 1 aromatic carbocycles. The fourth-order valence-corrected chi connectivity index (χ4v) is 3.70. The van der Waals surface area contributed by atoms with Crippen LogP contribution in [-0.4, -0.2) is 18.1 Å². The largest absolute Gasteiger partial charge is 0.316 e. The minimum absolute atomic E-state index is 0.599. The number of piperidine rings is 1. The Bertz CT molecular complexity index is 614. The van der Waals surface area contributed by atoms with Gasteiger partial charge in [0, 0.05) is 18.1 Å². The molecule has 0 saturated carbocycles. The Morgan fingerprint density at radius 1 is 1.38 bits per heavy atom. The standard InChI is InChI=1S/C19H24N2/c1-3-15-13-20-10-9-17(15)14(2)12-16-8-11-21-19-7-5-4-6-18(16)19/h3-8,11,14-15,17,20H,1,9-10,12-13H2,2H3. The number of para-hydroxylation sites is 1. The number of pyridine rings is 1. The van der Waals surface area contributed by atoms with Crippen LogP contribution in [0.3, 0.4) is 0 Å². The molecule has 1 N–H and O–H groups in total. The molecule has 1 saturated heterocycles. The molecule has 3 rings (SSSR count). The summed E-state index contributed by atoms with van der Waals surface area (Å²) in [5, 5.41) is 4.78. The number of rotatable bonds is 4. The molecule has 1 aromatic heterocycles. The topological polar surface area (TPSA) is 24.9 Å². The maximum atomic E-state index is 4.47. The number of hydrogen-bond donors (Lipinski definition) is 1. The molecule has 1 aliphatic heterocycles. The monoisotopic (exact) mass is 280 g/mol. The van der Waals surface area contributed by atoms with Gasteiger partial charge in [-0.2, -0.15) is 0 Å². The molecule has 2 heterocycles. The van der Waals surface area contributed by atoms with Crippen molar-refractivity contribution in [2.45, 2.75) is 19.8 Å². The van der Waals surface area contributed by atoms with Crippen LogP contribution in [0.15, 0.2) is 49.2 Å². The van der Waals surface area contributed by atoms with Crippen molar-refractivity contribution in [3.05, 3.63) is 54.7 Å². The highest BCUT2D eigenvalue weighted by Gasteiger charge is 2.27. The van der Waals surface area contributed by atoms with Crippen LogP contribution in [-0.2, 0) is 6.42 Å². The molecule has 21 heavy (non-hydrogen) atoms. The van der Waals surface area contributed by atoms with E-state index in [1.807, 2.05) is 6.20 Å². The van der Waals surface area contributed by atoms with Crippen molar-refractivity contribution in [2.75, 3.05) is 13.1 Å². The molecule has 1 fully saturated rings. The van der Waals surface area contributed by atoms with Crippen LogP contribution >= 0.6 is 0 Å². The zero-order chi connectivity index (χ0) is 14.7. The van der Waals surface area contributed by atoms with E-state index in [4.69, 9.17) is 0 Å². The summed E-state index contributed by atoms with van der Waals surface area (Å²) in [6, 6.07) is 10.6. The van der Waals surface area contributed by atoms with Crippen LogP contribution in [0.1, 0.15) is 18.9 Å². The van der Waals surface area contributed by atoms with E-state index in [2.05, 4.69) is 60.2 Å². The van der Waals surface area contributed by atoms with Gasteiger partial charge in [0.1, 0.15) is 0 Å². The summed E-state index contributed by atoms with van der Waals surface area (Å²) in [6.45, 7) is 8.63. The summed E-state index contributed by atoms with van der Waals surface area (Å²) < 4.78 is 0. The molecule has 0 spiro atoms. The van der Waals surface area contributed by atoms with Gasteiger partial charge in [0.05, 0.1) is 5.52 Å². The van der Waals surface area contributed by atoms with E-state index in [0.29, 0.717) is 11.8 Å². The van der Waals surface area contributed by atoms with Crippen molar-refractivity contribution in [1.29, 1.82) is 0 Å². The van der Waals surface area contributed by atoms with Crippen LogP contribution in [0.5, 0.6) is 0 Å². The van der Waals surface area contributed by atoms with E-state index in [1.165, 1.54) is 17.4 Å². The summed E-state index contributed by atoms with van der Waals surface area (Å²) in [4.78, 5) is 4.47. The lowest BCUT2D eigenvalue weighted by Crippen LogP contribution is -2.38. The number of fused-ring (bicyclic) bond motifs is 1. The van der Waals surface area contributed by atoms with Gasteiger partial charge >= 0.3 is 0 Å². The first-order chi connectivity index (χ1) is 10.3. The normalized spacial score (nSPS) is 23.9. The predicted octanol–water partition coefficient (Wildman–Crippen LogP) is 3.83. The minimum Gasteiger partial charge on any atom is -0.316 e. The summed E-state index contributed by atoms with van der Waals surface area (Å²) in [5.41, 5.74) is 2.53. The van der Waals surface area contributed by atoms with E-state index < -0.39 is 0 Å². The highest BCUT2D eigenvalue weighted by Crippen LogP contribution is 2.31. The average Bonchev–Trinajstić information content (AvgIpc) is 2.55. The van der Waals surface area contributed by atoms with Crippen LogP contribution in [0.2, 0.25) is 0 Å². The molecule has 0 aliphatic carbocycles. The maximum Gasteiger partial charge on any atom is 0.0704 e. The third-order valence-corrected chi connectivity index (χ3v) is 4.90. The Morgan fingerprint density at radius 3 is 3.10 bits per heavy atom.